The maximum Gasteiger partial charge on any atom is 0.0462 e. The van der Waals surface area contributed by atoms with Crippen molar-refractivity contribution in [3.05, 3.63) is 71.4 Å². The molecule has 20 heavy (non-hydrogen) atoms. The van der Waals surface area contributed by atoms with Crippen LogP contribution in [0.3, 0.4) is 0 Å². The number of fused-ring (bicyclic) bond motifs is 1. The van der Waals surface area contributed by atoms with Crippen LogP contribution in [-0.4, -0.2) is 4.98 Å². The Morgan fingerprint density at radius 1 is 1.05 bits per heavy atom. The number of allylic oxidation sites excluding steroid dienone is 1. The second-order valence-electron chi connectivity index (χ2n) is 5.13. The molecule has 2 aromatic carbocycles. The van der Waals surface area contributed by atoms with E-state index in [-0.39, 0.29) is 0 Å². The summed E-state index contributed by atoms with van der Waals surface area (Å²) in [5, 5.41) is 1.34. The van der Waals surface area contributed by atoms with Crippen LogP contribution in [0.2, 0.25) is 0 Å². The van der Waals surface area contributed by atoms with Gasteiger partial charge in [0, 0.05) is 17.1 Å². The first-order valence-electron chi connectivity index (χ1n) is 7.12. The average Bonchev–Trinajstić information content (AvgIpc) is 2.88. The van der Waals surface area contributed by atoms with E-state index in [9.17, 15) is 0 Å². The van der Waals surface area contributed by atoms with Crippen LogP contribution in [0.25, 0.3) is 22.6 Å². The lowest BCUT2D eigenvalue weighted by Gasteiger charge is -2.08. The Kier molecular flexibility index (Phi) is 3.42. The summed E-state index contributed by atoms with van der Waals surface area (Å²) in [4.78, 5) is 3.34. The number of rotatable bonds is 3. The van der Waals surface area contributed by atoms with E-state index < -0.39 is 0 Å². The summed E-state index contributed by atoms with van der Waals surface area (Å²) in [6, 6.07) is 17.0. The second-order valence-corrected chi connectivity index (χ2v) is 5.13. The van der Waals surface area contributed by atoms with Gasteiger partial charge >= 0.3 is 0 Å². The number of nitrogens with one attached hydrogen (secondary N) is 1. The highest BCUT2D eigenvalue weighted by atomic mass is 14.7. The highest BCUT2D eigenvalue weighted by Gasteiger charge is 2.08. The Balaban J connectivity index is 2.17. The quantitative estimate of drug-likeness (QED) is 0.605. The maximum atomic E-state index is 3.34. The van der Waals surface area contributed by atoms with Crippen LogP contribution < -0.4 is 0 Å². The number of hydrogen-bond donors (Lipinski definition) is 1. The summed E-state index contributed by atoms with van der Waals surface area (Å²) in [5.74, 6) is 0. The number of hydrogen-bond acceptors (Lipinski definition) is 0. The van der Waals surface area contributed by atoms with Gasteiger partial charge in [0.1, 0.15) is 0 Å². The van der Waals surface area contributed by atoms with Crippen LogP contribution in [0.5, 0.6) is 0 Å². The number of aromatic nitrogens is 1. The Morgan fingerprint density at radius 3 is 2.60 bits per heavy atom. The molecule has 3 rings (SSSR count). The number of H-pyrrole nitrogens is 1. The molecule has 1 heteroatoms. The minimum Gasteiger partial charge on any atom is -0.361 e. The minimum absolute atomic E-state index is 1.03. The van der Waals surface area contributed by atoms with Crippen molar-refractivity contribution in [3.8, 4) is 0 Å². The fourth-order valence-electron chi connectivity index (χ4n) is 2.74. The second kappa shape index (κ2) is 5.38. The summed E-state index contributed by atoms with van der Waals surface area (Å²) < 4.78 is 0. The number of aromatic amines is 1. The van der Waals surface area contributed by atoms with Crippen LogP contribution >= 0.6 is 0 Å². The SMILES string of the molecule is CC/C(=C\c1ccccc1)c1cccc2[nH]cc(C)c12. The van der Waals surface area contributed by atoms with Gasteiger partial charge in [0.25, 0.3) is 0 Å². The van der Waals surface area contributed by atoms with E-state index in [0.717, 1.165) is 6.42 Å². The molecule has 1 N–H and O–H groups in total. The van der Waals surface area contributed by atoms with Gasteiger partial charge in [-0.15, -0.1) is 0 Å². The molecule has 0 unspecified atom stereocenters. The van der Waals surface area contributed by atoms with E-state index in [4.69, 9.17) is 0 Å². The lowest BCUT2D eigenvalue weighted by molar-refractivity contribution is 1.25. The molecule has 3 aromatic rings. The lowest BCUT2D eigenvalue weighted by atomic mass is 9.96. The molecule has 0 aliphatic carbocycles. The summed E-state index contributed by atoms with van der Waals surface area (Å²) in [5.41, 5.74) is 6.50. The molecule has 0 radical (unpaired) electrons. The van der Waals surface area contributed by atoms with Gasteiger partial charge in [0.15, 0.2) is 0 Å². The molecular formula is C19H19N. The van der Waals surface area contributed by atoms with Gasteiger partial charge in [-0.1, -0.05) is 55.5 Å². The molecule has 0 bridgehead atoms. The van der Waals surface area contributed by atoms with Crippen molar-refractivity contribution in [1.82, 2.24) is 4.98 Å². The van der Waals surface area contributed by atoms with Crippen LogP contribution in [-0.2, 0) is 0 Å². The van der Waals surface area contributed by atoms with Crippen molar-refractivity contribution in [2.45, 2.75) is 20.3 Å². The molecule has 100 valence electrons. The normalized spacial score (nSPS) is 12.0. The van der Waals surface area contributed by atoms with Gasteiger partial charge in [0.2, 0.25) is 0 Å². The highest BCUT2D eigenvalue weighted by Crippen LogP contribution is 2.30. The molecule has 0 saturated carbocycles. The van der Waals surface area contributed by atoms with Crippen molar-refractivity contribution in [3.63, 3.8) is 0 Å². The Hall–Kier alpha value is -2.28. The molecule has 1 nitrogen and oxygen atoms in total. The van der Waals surface area contributed by atoms with Gasteiger partial charge in [-0.3, -0.25) is 0 Å². The zero-order chi connectivity index (χ0) is 13.9. The smallest absolute Gasteiger partial charge is 0.0462 e. The topological polar surface area (TPSA) is 15.8 Å². The number of aryl methyl sites for hydroxylation is 1. The third-order valence-electron chi connectivity index (χ3n) is 3.77. The largest absolute Gasteiger partial charge is 0.361 e. The molecule has 1 aromatic heterocycles. The highest BCUT2D eigenvalue weighted by molar-refractivity contribution is 5.98. The monoisotopic (exact) mass is 261 g/mol. The minimum atomic E-state index is 1.03. The standard InChI is InChI=1S/C19H19N/c1-3-16(12-15-8-5-4-6-9-15)17-10-7-11-18-19(17)14(2)13-20-18/h4-13,20H,3H2,1-2H3/b16-12+. The summed E-state index contributed by atoms with van der Waals surface area (Å²) in [6.45, 7) is 4.38. The van der Waals surface area contributed by atoms with Crippen molar-refractivity contribution in [1.29, 1.82) is 0 Å². The van der Waals surface area contributed by atoms with Crippen LogP contribution in [0.4, 0.5) is 0 Å². The first-order chi connectivity index (χ1) is 9.79. The van der Waals surface area contributed by atoms with Crippen LogP contribution in [0.15, 0.2) is 54.7 Å². The first-order valence-corrected chi connectivity index (χ1v) is 7.12. The maximum absolute atomic E-state index is 3.34. The van der Waals surface area contributed by atoms with Gasteiger partial charge in [-0.05, 0) is 41.7 Å². The van der Waals surface area contributed by atoms with E-state index in [1.54, 1.807) is 0 Å². The van der Waals surface area contributed by atoms with E-state index in [2.05, 4.69) is 79.6 Å². The van der Waals surface area contributed by atoms with Crippen molar-refractivity contribution in [2.75, 3.05) is 0 Å². The molecule has 0 atom stereocenters. The van der Waals surface area contributed by atoms with E-state index in [1.807, 2.05) is 0 Å². The Morgan fingerprint density at radius 2 is 1.85 bits per heavy atom. The molecule has 0 aliphatic rings. The van der Waals surface area contributed by atoms with Crippen molar-refractivity contribution in [2.24, 2.45) is 0 Å². The molecule has 0 saturated heterocycles. The van der Waals surface area contributed by atoms with Crippen molar-refractivity contribution >= 4 is 22.6 Å². The van der Waals surface area contributed by atoms with Crippen LogP contribution in [0.1, 0.15) is 30.0 Å². The fraction of sp³-hybridized carbons (Fsp3) is 0.158. The first kappa shape index (κ1) is 12.7. The summed E-state index contributed by atoms with van der Waals surface area (Å²) >= 11 is 0. The fourth-order valence-corrected chi connectivity index (χ4v) is 2.74. The molecular weight excluding hydrogens is 242 g/mol. The van der Waals surface area contributed by atoms with Gasteiger partial charge in [0.05, 0.1) is 0 Å². The van der Waals surface area contributed by atoms with E-state index in [1.165, 1.54) is 33.2 Å². The average molecular weight is 261 g/mol. The van der Waals surface area contributed by atoms with E-state index >= 15 is 0 Å². The third kappa shape index (κ3) is 2.27. The molecule has 0 spiro atoms. The summed E-state index contributed by atoms with van der Waals surface area (Å²) in [6.07, 6.45) is 5.41. The molecule has 0 amide bonds. The van der Waals surface area contributed by atoms with Crippen molar-refractivity contribution < 1.29 is 0 Å². The van der Waals surface area contributed by atoms with E-state index in [0.29, 0.717) is 0 Å². The predicted octanol–water partition coefficient (Wildman–Crippen LogP) is 5.43. The predicted molar refractivity (Wildman–Crippen MR) is 87.6 cm³/mol. The Labute approximate surface area is 120 Å². The summed E-state index contributed by atoms with van der Waals surface area (Å²) in [7, 11) is 0. The van der Waals surface area contributed by atoms with Gasteiger partial charge in [-0.2, -0.15) is 0 Å². The third-order valence-corrected chi connectivity index (χ3v) is 3.77. The zero-order valence-electron chi connectivity index (χ0n) is 12.0. The zero-order valence-corrected chi connectivity index (χ0v) is 12.0. The number of benzene rings is 2. The Bertz CT molecular complexity index is 748. The molecule has 0 aliphatic heterocycles. The molecule has 0 fully saturated rings. The lowest BCUT2D eigenvalue weighted by Crippen LogP contribution is -1.86. The molecule has 1 heterocycles. The van der Waals surface area contributed by atoms with Gasteiger partial charge in [-0.25, -0.2) is 0 Å². The van der Waals surface area contributed by atoms with Crippen LogP contribution in [0, 0.1) is 6.92 Å². The van der Waals surface area contributed by atoms with Gasteiger partial charge < -0.3 is 4.98 Å².